The highest BCUT2D eigenvalue weighted by molar-refractivity contribution is 5.97. The van der Waals surface area contributed by atoms with Crippen LogP contribution in [0.3, 0.4) is 0 Å². The molecule has 41 heavy (non-hydrogen) atoms. The van der Waals surface area contributed by atoms with E-state index in [1.54, 1.807) is 37.7 Å². The number of hydrogen-bond acceptors (Lipinski definition) is 5. The highest BCUT2D eigenvalue weighted by Crippen LogP contribution is 2.31. The summed E-state index contributed by atoms with van der Waals surface area (Å²) < 4.78 is 33.9. The number of rotatable bonds is 9. The molecule has 0 fully saturated rings. The molecule has 0 spiro atoms. The summed E-state index contributed by atoms with van der Waals surface area (Å²) in [5.74, 6) is -4.14. The van der Waals surface area contributed by atoms with Crippen molar-refractivity contribution in [1.29, 1.82) is 0 Å². The molecular formula is C30H28F2N4O5. The third-order valence-electron chi connectivity index (χ3n) is 6.45. The second-order valence-electron chi connectivity index (χ2n) is 9.41. The standard InChI is InChI=1S/C30H28F2N4O5/c1-17-26(34-30(40)41-18(2)20-7-5-4-6-8-20)27(36(3)35-17)21-10-12-22(13-11-21)28(37)33-25(29(38)39)16-19-9-14-23(31)24(32)15-19/h4-15,18,25H,16H2,1-3H3,(H,33,37)(H,34,40)(H,38,39)/t18-,25-/m1/s1. The number of aliphatic carboxylic acids is 1. The van der Waals surface area contributed by atoms with Crippen LogP contribution in [0.25, 0.3) is 11.3 Å². The van der Waals surface area contributed by atoms with Gasteiger partial charge in [-0.2, -0.15) is 5.10 Å². The lowest BCUT2D eigenvalue weighted by atomic mass is 10.0. The van der Waals surface area contributed by atoms with E-state index in [1.165, 1.54) is 18.2 Å². The van der Waals surface area contributed by atoms with Crippen LogP contribution in [-0.2, 0) is 23.0 Å². The maximum atomic E-state index is 13.5. The Hall–Kier alpha value is -5.06. The van der Waals surface area contributed by atoms with Crippen LogP contribution in [-0.4, -0.2) is 38.9 Å². The van der Waals surface area contributed by atoms with Crippen molar-refractivity contribution in [1.82, 2.24) is 15.1 Å². The van der Waals surface area contributed by atoms with Crippen LogP contribution >= 0.6 is 0 Å². The van der Waals surface area contributed by atoms with Gasteiger partial charge in [-0.3, -0.25) is 14.8 Å². The average Bonchev–Trinajstić information content (AvgIpc) is 3.22. The molecule has 4 aromatic rings. The zero-order valence-corrected chi connectivity index (χ0v) is 22.5. The monoisotopic (exact) mass is 562 g/mol. The van der Waals surface area contributed by atoms with Crippen molar-refractivity contribution in [3.63, 3.8) is 0 Å². The molecule has 0 aliphatic heterocycles. The van der Waals surface area contributed by atoms with Crippen molar-refractivity contribution >= 4 is 23.7 Å². The van der Waals surface area contributed by atoms with Gasteiger partial charge in [-0.05, 0) is 49.2 Å². The van der Waals surface area contributed by atoms with Gasteiger partial charge in [-0.1, -0.05) is 48.5 Å². The second kappa shape index (κ2) is 12.4. The SMILES string of the molecule is Cc1nn(C)c(-c2ccc(C(=O)N[C@H](Cc3ccc(F)c(F)c3)C(=O)O)cc2)c1NC(=O)O[C@H](C)c1ccccc1. The smallest absolute Gasteiger partial charge is 0.412 e. The first kappa shape index (κ1) is 28.9. The Kier molecular flexibility index (Phi) is 8.76. The Labute approximate surface area is 234 Å². The average molecular weight is 563 g/mol. The van der Waals surface area contributed by atoms with Crippen molar-refractivity contribution in [3.05, 3.63) is 107 Å². The van der Waals surface area contributed by atoms with Crippen molar-refractivity contribution in [3.8, 4) is 11.3 Å². The van der Waals surface area contributed by atoms with E-state index in [1.807, 2.05) is 30.3 Å². The number of amides is 2. The fourth-order valence-electron chi connectivity index (χ4n) is 4.35. The fraction of sp³-hybridized carbons (Fsp3) is 0.200. The minimum absolute atomic E-state index is 0.176. The zero-order chi connectivity index (χ0) is 29.7. The molecule has 4 rings (SSSR count). The van der Waals surface area contributed by atoms with Crippen LogP contribution < -0.4 is 10.6 Å². The lowest BCUT2D eigenvalue weighted by Crippen LogP contribution is -2.42. The zero-order valence-electron chi connectivity index (χ0n) is 22.5. The third kappa shape index (κ3) is 6.93. The summed E-state index contributed by atoms with van der Waals surface area (Å²) >= 11 is 0. The molecule has 3 aromatic carbocycles. The van der Waals surface area contributed by atoms with Crippen LogP contribution in [0.1, 0.15) is 40.2 Å². The number of hydrogen-bond donors (Lipinski definition) is 3. The maximum absolute atomic E-state index is 13.5. The van der Waals surface area contributed by atoms with Gasteiger partial charge in [-0.15, -0.1) is 0 Å². The van der Waals surface area contributed by atoms with Gasteiger partial charge in [0.1, 0.15) is 12.1 Å². The molecular weight excluding hydrogens is 534 g/mol. The molecule has 2 amide bonds. The van der Waals surface area contributed by atoms with E-state index in [2.05, 4.69) is 15.7 Å². The molecule has 212 valence electrons. The summed E-state index contributed by atoms with van der Waals surface area (Å²) in [7, 11) is 1.71. The first-order valence-electron chi connectivity index (χ1n) is 12.7. The van der Waals surface area contributed by atoms with Gasteiger partial charge in [0.05, 0.1) is 17.1 Å². The van der Waals surface area contributed by atoms with Gasteiger partial charge >= 0.3 is 12.1 Å². The normalized spacial score (nSPS) is 12.3. The fourth-order valence-corrected chi connectivity index (χ4v) is 4.35. The first-order valence-corrected chi connectivity index (χ1v) is 12.7. The number of benzene rings is 3. The topological polar surface area (TPSA) is 123 Å². The van der Waals surface area contributed by atoms with Gasteiger partial charge in [-0.25, -0.2) is 18.4 Å². The number of carboxylic acids is 1. The number of carboxylic acid groups (broad SMARTS) is 1. The molecule has 0 saturated carbocycles. The van der Waals surface area contributed by atoms with Gasteiger partial charge in [0.2, 0.25) is 0 Å². The van der Waals surface area contributed by atoms with Gasteiger partial charge in [0.15, 0.2) is 11.6 Å². The summed E-state index contributed by atoms with van der Waals surface area (Å²) in [5.41, 5.74) is 3.43. The quantitative estimate of drug-likeness (QED) is 0.251. The highest BCUT2D eigenvalue weighted by Gasteiger charge is 2.23. The molecule has 1 aromatic heterocycles. The van der Waals surface area contributed by atoms with E-state index < -0.39 is 41.7 Å². The van der Waals surface area contributed by atoms with Gasteiger partial charge < -0.3 is 15.2 Å². The van der Waals surface area contributed by atoms with Crippen molar-refractivity contribution < 1.29 is 33.0 Å². The van der Waals surface area contributed by atoms with E-state index in [9.17, 15) is 28.3 Å². The van der Waals surface area contributed by atoms with Crippen LogP contribution in [0.2, 0.25) is 0 Å². The number of ether oxygens (including phenoxy) is 1. The summed E-state index contributed by atoms with van der Waals surface area (Å²) in [6, 6.07) is 17.3. The highest BCUT2D eigenvalue weighted by atomic mass is 19.2. The number of carbonyl (C=O) groups is 3. The summed E-state index contributed by atoms with van der Waals surface area (Å²) in [6.07, 6.45) is -1.37. The molecule has 0 aliphatic carbocycles. The molecule has 0 bridgehead atoms. The minimum atomic E-state index is -1.37. The van der Waals surface area contributed by atoms with E-state index in [0.29, 0.717) is 22.6 Å². The van der Waals surface area contributed by atoms with E-state index in [-0.39, 0.29) is 17.5 Å². The maximum Gasteiger partial charge on any atom is 0.412 e. The van der Waals surface area contributed by atoms with Crippen LogP contribution in [0.4, 0.5) is 19.3 Å². The molecule has 11 heteroatoms. The number of anilines is 1. The van der Waals surface area contributed by atoms with E-state index in [4.69, 9.17) is 4.74 Å². The first-order chi connectivity index (χ1) is 19.5. The molecule has 0 unspecified atom stereocenters. The lowest BCUT2D eigenvalue weighted by molar-refractivity contribution is -0.139. The lowest BCUT2D eigenvalue weighted by Gasteiger charge is -2.16. The summed E-state index contributed by atoms with van der Waals surface area (Å²) in [5, 5.41) is 19.1. The number of aryl methyl sites for hydroxylation is 2. The summed E-state index contributed by atoms with van der Waals surface area (Å²) in [4.78, 5) is 37.3. The number of aromatic nitrogens is 2. The minimum Gasteiger partial charge on any atom is -0.480 e. The summed E-state index contributed by atoms with van der Waals surface area (Å²) in [6.45, 7) is 3.50. The van der Waals surface area contributed by atoms with Crippen molar-refractivity contribution in [2.45, 2.75) is 32.4 Å². The largest absolute Gasteiger partial charge is 0.480 e. The van der Waals surface area contributed by atoms with Gasteiger partial charge in [0, 0.05) is 24.6 Å². The molecule has 3 N–H and O–H groups in total. The number of halogens is 2. The van der Waals surface area contributed by atoms with Crippen LogP contribution in [0.5, 0.6) is 0 Å². The third-order valence-corrected chi connectivity index (χ3v) is 6.45. The number of nitrogens with one attached hydrogen (secondary N) is 2. The molecule has 0 aliphatic rings. The number of carbonyl (C=O) groups excluding carboxylic acids is 2. The Bertz CT molecular complexity index is 1570. The molecule has 2 atom stereocenters. The Morgan fingerprint density at radius 3 is 2.32 bits per heavy atom. The van der Waals surface area contributed by atoms with Crippen molar-refractivity contribution in [2.24, 2.45) is 7.05 Å². The Morgan fingerprint density at radius 2 is 1.68 bits per heavy atom. The molecule has 9 nitrogen and oxygen atoms in total. The number of nitrogens with zero attached hydrogens (tertiary/aromatic N) is 2. The second-order valence-corrected chi connectivity index (χ2v) is 9.41. The molecule has 0 saturated heterocycles. The Balaban J connectivity index is 1.47. The van der Waals surface area contributed by atoms with Crippen LogP contribution in [0, 0.1) is 18.6 Å². The molecule has 0 radical (unpaired) electrons. The molecule has 1 heterocycles. The predicted octanol–water partition coefficient (Wildman–Crippen LogP) is 5.41. The van der Waals surface area contributed by atoms with Gasteiger partial charge in [0.25, 0.3) is 5.91 Å². The van der Waals surface area contributed by atoms with Crippen LogP contribution in [0.15, 0.2) is 72.8 Å². The van der Waals surface area contributed by atoms with Crippen molar-refractivity contribution in [2.75, 3.05) is 5.32 Å². The predicted molar refractivity (Wildman–Crippen MR) is 147 cm³/mol. The van der Waals surface area contributed by atoms with E-state index >= 15 is 0 Å². The van der Waals surface area contributed by atoms with E-state index in [0.717, 1.165) is 17.7 Å². The Morgan fingerprint density at radius 1 is 1.00 bits per heavy atom.